The van der Waals surface area contributed by atoms with Gasteiger partial charge in [-0.3, -0.25) is 10.1 Å². The Labute approximate surface area is 176 Å². The van der Waals surface area contributed by atoms with Crippen molar-refractivity contribution in [3.63, 3.8) is 0 Å². The topological polar surface area (TPSA) is 103 Å². The van der Waals surface area contributed by atoms with Gasteiger partial charge in [0.2, 0.25) is 0 Å². The molecule has 2 N–H and O–H groups in total. The lowest BCUT2D eigenvalue weighted by Crippen LogP contribution is -2.46. The highest BCUT2D eigenvalue weighted by molar-refractivity contribution is 6.39. The second-order valence-electron chi connectivity index (χ2n) is 5.93. The highest BCUT2D eigenvalue weighted by Crippen LogP contribution is 2.30. The predicted molar refractivity (Wildman–Crippen MR) is 105 cm³/mol. The van der Waals surface area contributed by atoms with Gasteiger partial charge in [-0.05, 0) is 24.3 Å². The number of imide groups is 1. The second kappa shape index (κ2) is 9.49. The Bertz CT molecular complexity index is 916. The van der Waals surface area contributed by atoms with Crippen molar-refractivity contribution in [3.8, 4) is 11.5 Å². The smallest absolute Gasteiger partial charge is 0.341 e. The summed E-state index contributed by atoms with van der Waals surface area (Å²) >= 11 is 11.8. The molecule has 0 saturated carbocycles. The Balaban J connectivity index is 1.41. The number of esters is 1. The number of amides is 3. The van der Waals surface area contributed by atoms with Crippen LogP contribution in [0.1, 0.15) is 10.4 Å². The van der Waals surface area contributed by atoms with Crippen LogP contribution in [0.2, 0.25) is 10.0 Å². The average Bonchev–Trinajstić information content (AvgIpc) is 2.70. The zero-order valence-corrected chi connectivity index (χ0v) is 16.5. The van der Waals surface area contributed by atoms with Gasteiger partial charge < -0.3 is 19.5 Å². The largest absolute Gasteiger partial charge is 0.486 e. The van der Waals surface area contributed by atoms with Crippen LogP contribution in [0.3, 0.4) is 0 Å². The number of ether oxygens (including phenoxy) is 3. The van der Waals surface area contributed by atoms with E-state index in [4.69, 9.17) is 37.4 Å². The number of hydrogen-bond acceptors (Lipinski definition) is 6. The number of carbonyl (C=O) groups is 3. The Morgan fingerprint density at radius 3 is 2.45 bits per heavy atom. The Kier molecular flexibility index (Phi) is 6.79. The molecule has 0 aromatic heterocycles. The van der Waals surface area contributed by atoms with Crippen molar-refractivity contribution in [2.75, 3.05) is 19.8 Å². The minimum absolute atomic E-state index is 0.0530. The van der Waals surface area contributed by atoms with E-state index < -0.39 is 30.6 Å². The summed E-state index contributed by atoms with van der Waals surface area (Å²) in [6.45, 7) is -0.311. The molecule has 0 spiro atoms. The molecule has 0 aliphatic carbocycles. The standard InChI is InChI=1S/C19H16Cl2N2O6/c20-12-4-3-5-13(21)17(12)18(25)28-10-16(24)23-19(26)22-8-11-9-27-14-6-1-2-7-15(14)29-11/h1-7,11H,8-10H2,(H2,22,23,24,26). The number of urea groups is 1. The van der Waals surface area contributed by atoms with E-state index in [-0.39, 0.29) is 28.8 Å². The summed E-state index contributed by atoms with van der Waals surface area (Å²) in [6.07, 6.45) is -0.411. The Morgan fingerprint density at radius 2 is 1.72 bits per heavy atom. The van der Waals surface area contributed by atoms with Gasteiger partial charge in [0.15, 0.2) is 24.2 Å². The lowest BCUT2D eigenvalue weighted by molar-refractivity contribution is -0.123. The van der Waals surface area contributed by atoms with Crippen molar-refractivity contribution < 1.29 is 28.6 Å². The van der Waals surface area contributed by atoms with E-state index in [1.807, 2.05) is 11.4 Å². The molecular weight excluding hydrogens is 423 g/mol. The van der Waals surface area contributed by atoms with Crippen LogP contribution >= 0.6 is 23.2 Å². The van der Waals surface area contributed by atoms with Gasteiger partial charge in [-0.25, -0.2) is 9.59 Å². The van der Waals surface area contributed by atoms with Gasteiger partial charge in [0.25, 0.3) is 5.91 Å². The van der Waals surface area contributed by atoms with Crippen LogP contribution in [0, 0.1) is 0 Å². The maximum Gasteiger partial charge on any atom is 0.341 e. The highest BCUT2D eigenvalue weighted by Gasteiger charge is 2.22. The normalized spacial score (nSPS) is 14.6. The first kappa shape index (κ1) is 20.8. The molecule has 1 unspecified atom stereocenters. The van der Waals surface area contributed by atoms with E-state index in [1.54, 1.807) is 24.3 Å². The van der Waals surface area contributed by atoms with Crippen LogP contribution in [-0.4, -0.2) is 43.8 Å². The third-order valence-electron chi connectivity index (χ3n) is 3.81. The summed E-state index contributed by atoms with van der Waals surface area (Å²) in [5.41, 5.74) is -0.0530. The average molecular weight is 439 g/mol. The summed E-state index contributed by atoms with van der Waals surface area (Å²) in [7, 11) is 0. The number of carbonyl (C=O) groups excluding carboxylic acids is 3. The zero-order valence-electron chi connectivity index (χ0n) is 14.9. The van der Waals surface area contributed by atoms with E-state index in [0.717, 1.165) is 0 Å². The lowest BCUT2D eigenvalue weighted by atomic mass is 10.2. The number of para-hydroxylation sites is 2. The van der Waals surface area contributed by atoms with Crippen LogP contribution in [0.5, 0.6) is 11.5 Å². The van der Waals surface area contributed by atoms with Crippen molar-refractivity contribution >= 4 is 41.1 Å². The fraction of sp³-hybridized carbons (Fsp3) is 0.211. The molecule has 152 valence electrons. The monoisotopic (exact) mass is 438 g/mol. The molecule has 1 aliphatic rings. The molecule has 1 atom stereocenters. The summed E-state index contributed by atoms with van der Waals surface area (Å²) in [5, 5.41) is 4.73. The first-order chi connectivity index (χ1) is 13.9. The molecule has 8 nitrogen and oxygen atoms in total. The van der Waals surface area contributed by atoms with Crippen LogP contribution < -0.4 is 20.1 Å². The molecule has 1 aliphatic heterocycles. The summed E-state index contributed by atoms with van der Waals surface area (Å²) < 4.78 is 16.1. The lowest BCUT2D eigenvalue weighted by Gasteiger charge is -2.26. The predicted octanol–water partition coefficient (Wildman–Crippen LogP) is 2.82. The van der Waals surface area contributed by atoms with Gasteiger partial charge in [0.1, 0.15) is 6.61 Å². The summed E-state index contributed by atoms with van der Waals surface area (Å²) in [4.78, 5) is 35.7. The Hall–Kier alpha value is -2.97. The molecule has 10 heteroatoms. The first-order valence-corrected chi connectivity index (χ1v) is 9.27. The van der Waals surface area contributed by atoms with Gasteiger partial charge in [0.05, 0.1) is 22.2 Å². The minimum Gasteiger partial charge on any atom is -0.486 e. The molecule has 0 bridgehead atoms. The van der Waals surface area contributed by atoms with Crippen LogP contribution in [0.25, 0.3) is 0 Å². The SMILES string of the molecule is O=C(COC(=O)c1c(Cl)cccc1Cl)NC(=O)NCC1COc2ccccc2O1. The van der Waals surface area contributed by atoms with Gasteiger partial charge in [-0.15, -0.1) is 0 Å². The molecule has 0 saturated heterocycles. The third-order valence-corrected chi connectivity index (χ3v) is 4.44. The Morgan fingerprint density at radius 1 is 1.03 bits per heavy atom. The number of fused-ring (bicyclic) bond motifs is 1. The summed E-state index contributed by atoms with van der Waals surface area (Å²) in [5.74, 6) is -0.483. The van der Waals surface area contributed by atoms with Crippen molar-refractivity contribution in [1.82, 2.24) is 10.6 Å². The van der Waals surface area contributed by atoms with Crippen LogP contribution in [0.4, 0.5) is 4.79 Å². The molecule has 29 heavy (non-hydrogen) atoms. The number of benzene rings is 2. The minimum atomic E-state index is -0.873. The number of halogens is 2. The fourth-order valence-corrected chi connectivity index (χ4v) is 3.02. The van der Waals surface area contributed by atoms with E-state index in [0.29, 0.717) is 11.5 Å². The van der Waals surface area contributed by atoms with Gasteiger partial charge in [-0.1, -0.05) is 41.4 Å². The van der Waals surface area contributed by atoms with E-state index in [2.05, 4.69) is 5.32 Å². The molecule has 2 aromatic carbocycles. The second-order valence-corrected chi connectivity index (χ2v) is 6.74. The quantitative estimate of drug-likeness (QED) is 0.695. The first-order valence-electron chi connectivity index (χ1n) is 8.51. The van der Waals surface area contributed by atoms with Gasteiger partial charge in [0, 0.05) is 0 Å². The highest BCUT2D eigenvalue weighted by atomic mass is 35.5. The molecule has 0 fully saturated rings. The molecule has 3 rings (SSSR count). The molecule has 0 radical (unpaired) electrons. The van der Waals surface area contributed by atoms with Crippen LogP contribution in [-0.2, 0) is 9.53 Å². The van der Waals surface area contributed by atoms with E-state index in [9.17, 15) is 14.4 Å². The fourth-order valence-electron chi connectivity index (χ4n) is 2.47. The van der Waals surface area contributed by atoms with E-state index in [1.165, 1.54) is 12.1 Å². The van der Waals surface area contributed by atoms with Crippen molar-refractivity contribution in [2.24, 2.45) is 0 Å². The van der Waals surface area contributed by atoms with E-state index >= 15 is 0 Å². The van der Waals surface area contributed by atoms with Crippen molar-refractivity contribution in [3.05, 3.63) is 58.1 Å². The van der Waals surface area contributed by atoms with Gasteiger partial charge >= 0.3 is 12.0 Å². The summed E-state index contributed by atoms with van der Waals surface area (Å²) in [6, 6.07) is 10.9. The van der Waals surface area contributed by atoms with Crippen molar-refractivity contribution in [2.45, 2.75) is 6.10 Å². The van der Waals surface area contributed by atoms with Gasteiger partial charge in [-0.2, -0.15) is 0 Å². The van der Waals surface area contributed by atoms with Crippen molar-refractivity contribution in [1.29, 1.82) is 0 Å². The number of nitrogens with one attached hydrogen (secondary N) is 2. The number of hydrogen-bond donors (Lipinski definition) is 2. The number of rotatable bonds is 5. The molecule has 2 aromatic rings. The zero-order chi connectivity index (χ0) is 20.8. The molecule has 3 amide bonds. The molecular formula is C19H16Cl2N2O6. The van der Waals surface area contributed by atoms with Crippen LogP contribution in [0.15, 0.2) is 42.5 Å². The molecule has 1 heterocycles. The third kappa shape index (κ3) is 5.52. The maximum atomic E-state index is 12.0. The maximum absolute atomic E-state index is 12.0.